The Kier molecular flexibility index (Phi) is 4.87. The zero-order chi connectivity index (χ0) is 17.1. The highest BCUT2D eigenvalue weighted by atomic mass is 79.9. The molecule has 0 aromatic heterocycles. The van der Waals surface area contributed by atoms with Crippen LogP contribution >= 0.6 is 27.5 Å². The Balaban J connectivity index is 1.86. The molecule has 0 bridgehead atoms. The summed E-state index contributed by atoms with van der Waals surface area (Å²) in [6.45, 7) is 0.288. The summed E-state index contributed by atoms with van der Waals surface area (Å²) in [5, 5.41) is 5.23. The van der Waals surface area contributed by atoms with Gasteiger partial charge in [0.25, 0.3) is 5.91 Å². The van der Waals surface area contributed by atoms with E-state index in [9.17, 15) is 9.59 Å². The first-order valence-electron chi connectivity index (χ1n) is 7.03. The van der Waals surface area contributed by atoms with Crippen molar-refractivity contribution in [3.05, 3.63) is 68.8 Å². The lowest BCUT2D eigenvalue weighted by Gasteiger charge is -2.11. The van der Waals surface area contributed by atoms with E-state index >= 15 is 0 Å². The number of benzene rings is 2. The minimum absolute atomic E-state index is 0.167. The number of hydrogen-bond acceptors (Lipinski definition) is 3. The molecule has 3 rings (SSSR count). The maximum absolute atomic E-state index is 11.7. The van der Waals surface area contributed by atoms with E-state index in [1.165, 1.54) is 0 Å². The van der Waals surface area contributed by atoms with Gasteiger partial charge in [0, 0.05) is 20.6 Å². The molecular weight excluding hydrogens is 396 g/mol. The average molecular weight is 408 g/mol. The smallest absolute Gasteiger partial charge is 0.326 e. The van der Waals surface area contributed by atoms with E-state index in [2.05, 4.69) is 26.6 Å². The molecule has 2 N–H and O–H groups in total. The van der Waals surface area contributed by atoms with Crippen molar-refractivity contribution in [2.75, 3.05) is 0 Å². The number of hydrogen-bond donors (Lipinski definition) is 2. The van der Waals surface area contributed by atoms with Crippen LogP contribution in [0.3, 0.4) is 0 Å². The van der Waals surface area contributed by atoms with Crippen molar-refractivity contribution < 1.29 is 14.3 Å². The van der Waals surface area contributed by atoms with Gasteiger partial charge < -0.3 is 10.1 Å². The lowest BCUT2D eigenvalue weighted by Crippen LogP contribution is -2.22. The summed E-state index contributed by atoms with van der Waals surface area (Å²) in [4.78, 5) is 22.9. The highest BCUT2D eigenvalue weighted by Crippen LogP contribution is 2.27. The van der Waals surface area contributed by atoms with Crippen molar-refractivity contribution in [2.24, 2.45) is 0 Å². The van der Waals surface area contributed by atoms with E-state index in [0.29, 0.717) is 16.3 Å². The van der Waals surface area contributed by atoms with Crippen molar-refractivity contribution >= 4 is 45.5 Å². The van der Waals surface area contributed by atoms with Gasteiger partial charge in [-0.15, -0.1) is 0 Å². The van der Waals surface area contributed by atoms with Crippen LogP contribution in [-0.2, 0) is 11.4 Å². The zero-order valence-corrected chi connectivity index (χ0v) is 14.6. The SMILES string of the molecule is O=C1NC(=O)/C(=C/c2cc(Br)ccc2OCc2ccccc2Cl)N1. The fourth-order valence-corrected chi connectivity index (χ4v) is 2.74. The Hall–Kier alpha value is -2.31. The summed E-state index contributed by atoms with van der Waals surface area (Å²) in [5.41, 5.74) is 1.68. The van der Waals surface area contributed by atoms with Gasteiger partial charge in [-0.25, -0.2) is 4.79 Å². The third kappa shape index (κ3) is 3.77. The van der Waals surface area contributed by atoms with E-state index in [0.717, 1.165) is 10.0 Å². The van der Waals surface area contributed by atoms with Crippen LogP contribution in [0.1, 0.15) is 11.1 Å². The number of halogens is 2. The summed E-state index contributed by atoms with van der Waals surface area (Å²) < 4.78 is 6.66. The average Bonchev–Trinajstić information content (AvgIpc) is 2.85. The van der Waals surface area contributed by atoms with Gasteiger partial charge in [-0.1, -0.05) is 45.7 Å². The monoisotopic (exact) mass is 406 g/mol. The highest BCUT2D eigenvalue weighted by molar-refractivity contribution is 9.10. The van der Waals surface area contributed by atoms with Crippen molar-refractivity contribution in [3.8, 4) is 5.75 Å². The van der Waals surface area contributed by atoms with Gasteiger partial charge >= 0.3 is 6.03 Å². The summed E-state index contributed by atoms with van der Waals surface area (Å²) in [6, 6.07) is 12.3. The molecule has 2 aromatic carbocycles. The highest BCUT2D eigenvalue weighted by Gasteiger charge is 2.23. The maximum Gasteiger partial charge on any atom is 0.326 e. The van der Waals surface area contributed by atoms with Crippen LogP contribution in [0.15, 0.2) is 52.6 Å². The van der Waals surface area contributed by atoms with Crippen molar-refractivity contribution in [1.82, 2.24) is 10.6 Å². The molecule has 1 fully saturated rings. The van der Waals surface area contributed by atoms with E-state index in [4.69, 9.17) is 16.3 Å². The van der Waals surface area contributed by atoms with Gasteiger partial charge in [-0.3, -0.25) is 10.1 Å². The number of amides is 3. The molecule has 2 aromatic rings. The van der Waals surface area contributed by atoms with Gasteiger partial charge in [-0.05, 0) is 30.3 Å². The fourth-order valence-electron chi connectivity index (χ4n) is 2.17. The van der Waals surface area contributed by atoms with Gasteiger partial charge in [0.15, 0.2) is 0 Å². The summed E-state index contributed by atoms with van der Waals surface area (Å²) in [5.74, 6) is 0.0941. The minimum Gasteiger partial charge on any atom is -0.488 e. The van der Waals surface area contributed by atoms with Gasteiger partial charge in [0.2, 0.25) is 0 Å². The van der Waals surface area contributed by atoms with Crippen LogP contribution in [0.5, 0.6) is 5.75 Å². The fraction of sp³-hybridized carbons (Fsp3) is 0.0588. The molecular formula is C17H12BrClN2O3. The maximum atomic E-state index is 11.7. The number of ether oxygens (including phenoxy) is 1. The lowest BCUT2D eigenvalue weighted by atomic mass is 10.1. The quantitative estimate of drug-likeness (QED) is 0.597. The second kappa shape index (κ2) is 7.07. The van der Waals surface area contributed by atoms with Gasteiger partial charge in [0.1, 0.15) is 18.1 Å². The topological polar surface area (TPSA) is 67.4 Å². The van der Waals surface area contributed by atoms with Gasteiger partial charge in [0.05, 0.1) is 0 Å². The number of imide groups is 1. The largest absolute Gasteiger partial charge is 0.488 e. The second-order valence-electron chi connectivity index (χ2n) is 5.03. The Morgan fingerprint density at radius 1 is 1.12 bits per heavy atom. The first-order chi connectivity index (χ1) is 11.5. The molecule has 1 aliphatic heterocycles. The molecule has 0 saturated carbocycles. The first-order valence-corrected chi connectivity index (χ1v) is 8.20. The Morgan fingerprint density at radius 3 is 2.62 bits per heavy atom. The van der Waals surface area contributed by atoms with E-state index in [-0.39, 0.29) is 12.3 Å². The summed E-state index contributed by atoms with van der Waals surface area (Å²) >= 11 is 9.51. The molecule has 7 heteroatoms. The van der Waals surface area contributed by atoms with Crippen molar-refractivity contribution in [2.45, 2.75) is 6.61 Å². The number of carbonyl (C=O) groups is 2. The number of urea groups is 1. The summed E-state index contributed by atoms with van der Waals surface area (Å²) in [6.07, 6.45) is 1.56. The number of carbonyl (C=O) groups excluding carboxylic acids is 2. The zero-order valence-electron chi connectivity index (χ0n) is 12.3. The normalized spacial score (nSPS) is 15.3. The van der Waals surface area contributed by atoms with E-state index < -0.39 is 11.9 Å². The third-order valence-electron chi connectivity index (χ3n) is 3.33. The molecule has 0 aliphatic carbocycles. The summed E-state index contributed by atoms with van der Waals surface area (Å²) in [7, 11) is 0. The lowest BCUT2D eigenvalue weighted by molar-refractivity contribution is -0.115. The Bertz CT molecular complexity index is 851. The molecule has 5 nitrogen and oxygen atoms in total. The molecule has 1 heterocycles. The Morgan fingerprint density at radius 2 is 1.92 bits per heavy atom. The van der Waals surface area contributed by atoms with Crippen LogP contribution in [0.2, 0.25) is 5.02 Å². The second-order valence-corrected chi connectivity index (χ2v) is 6.35. The molecule has 0 unspecified atom stereocenters. The van der Waals surface area contributed by atoms with E-state index in [1.54, 1.807) is 24.3 Å². The van der Waals surface area contributed by atoms with Crippen LogP contribution in [0, 0.1) is 0 Å². The number of nitrogens with one attached hydrogen (secondary N) is 2. The molecule has 122 valence electrons. The van der Waals surface area contributed by atoms with Crippen LogP contribution in [-0.4, -0.2) is 11.9 Å². The number of rotatable bonds is 4. The molecule has 24 heavy (non-hydrogen) atoms. The van der Waals surface area contributed by atoms with Crippen molar-refractivity contribution in [3.63, 3.8) is 0 Å². The minimum atomic E-state index is -0.542. The predicted molar refractivity (Wildman–Crippen MR) is 94.6 cm³/mol. The van der Waals surface area contributed by atoms with Crippen molar-refractivity contribution in [1.29, 1.82) is 0 Å². The predicted octanol–water partition coefficient (Wildman–Crippen LogP) is 3.86. The first kappa shape index (κ1) is 16.5. The van der Waals surface area contributed by atoms with E-state index in [1.807, 2.05) is 24.3 Å². The molecule has 0 radical (unpaired) electrons. The van der Waals surface area contributed by atoms with Crippen LogP contribution in [0.25, 0.3) is 6.08 Å². The standard InChI is InChI=1S/C17H12BrClN2O3/c18-12-5-6-15(24-9-10-3-1-2-4-13(10)19)11(7-12)8-14-16(22)21-17(23)20-14/h1-8H,9H2,(H2,20,21,22,23)/b14-8-. The molecule has 0 spiro atoms. The molecule has 1 saturated heterocycles. The van der Waals surface area contributed by atoms with Crippen LogP contribution < -0.4 is 15.4 Å². The third-order valence-corrected chi connectivity index (χ3v) is 4.19. The van der Waals surface area contributed by atoms with Gasteiger partial charge in [-0.2, -0.15) is 0 Å². The Labute approximate surface area is 151 Å². The molecule has 3 amide bonds. The van der Waals surface area contributed by atoms with Crippen LogP contribution in [0.4, 0.5) is 4.79 Å². The molecule has 1 aliphatic rings. The molecule has 0 atom stereocenters.